The number of amides is 1. The molecule has 2 aromatic rings. The average Bonchev–Trinajstić information content (AvgIpc) is 2.73. The Morgan fingerprint density at radius 1 is 1.07 bits per heavy atom. The summed E-state index contributed by atoms with van der Waals surface area (Å²) in [7, 11) is 0. The Morgan fingerprint density at radius 3 is 2.70 bits per heavy atom. The number of anilines is 1. The van der Waals surface area contributed by atoms with Crippen molar-refractivity contribution >= 4 is 17.8 Å². The summed E-state index contributed by atoms with van der Waals surface area (Å²) in [5.41, 5.74) is 3.50. The van der Waals surface area contributed by atoms with Gasteiger partial charge in [0.2, 0.25) is 0 Å². The van der Waals surface area contributed by atoms with Crippen molar-refractivity contribution in [3.05, 3.63) is 59.2 Å². The Bertz CT molecular complexity index is 827. The van der Waals surface area contributed by atoms with Gasteiger partial charge in [-0.05, 0) is 54.3 Å². The van der Waals surface area contributed by atoms with E-state index >= 15 is 0 Å². The molecule has 0 saturated carbocycles. The largest absolute Gasteiger partial charge is 0.493 e. The molecule has 0 spiro atoms. The zero-order valence-corrected chi connectivity index (χ0v) is 15.2. The standard InChI is InChI=1S/C21H23N3O3/c25-21(18-5-8-20-17(14-18)2-1-11-27-20)23-19-6-3-16(4-7-19)15-22-24-9-12-26-13-10-24/h3-8,14-15H,1-2,9-13H2,(H,23,25). The molecule has 2 heterocycles. The number of morpholine rings is 1. The lowest BCUT2D eigenvalue weighted by atomic mass is 10.0. The highest BCUT2D eigenvalue weighted by Crippen LogP contribution is 2.26. The number of nitrogens with one attached hydrogen (secondary N) is 1. The van der Waals surface area contributed by atoms with Crippen molar-refractivity contribution in [3.8, 4) is 5.75 Å². The van der Waals surface area contributed by atoms with Crippen LogP contribution in [0.25, 0.3) is 0 Å². The minimum absolute atomic E-state index is 0.113. The SMILES string of the molecule is O=C(Nc1ccc(C=NN2CCOCC2)cc1)c1ccc2c(c1)CCCO2. The predicted molar refractivity (Wildman–Crippen MR) is 105 cm³/mol. The highest BCUT2D eigenvalue weighted by atomic mass is 16.5. The molecule has 2 aliphatic rings. The molecular weight excluding hydrogens is 342 g/mol. The van der Waals surface area contributed by atoms with Crippen LogP contribution < -0.4 is 10.1 Å². The van der Waals surface area contributed by atoms with Crippen molar-refractivity contribution in [2.75, 3.05) is 38.2 Å². The molecule has 0 unspecified atom stereocenters. The molecule has 27 heavy (non-hydrogen) atoms. The number of aryl methyl sites for hydroxylation is 1. The van der Waals surface area contributed by atoms with Gasteiger partial charge in [0.25, 0.3) is 5.91 Å². The van der Waals surface area contributed by atoms with Gasteiger partial charge in [0.1, 0.15) is 5.75 Å². The lowest BCUT2D eigenvalue weighted by Crippen LogP contribution is -2.32. The molecule has 0 aromatic heterocycles. The highest BCUT2D eigenvalue weighted by molar-refractivity contribution is 6.04. The maximum atomic E-state index is 12.5. The Kier molecular flexibility index (Phi) is 5.34. The minimum Gasteiger partial charge on any atom is -0.493 e. The monoisotopic (exact) mass is 365 g/mol. The molecule has 1 fully saturated rings. The Balaban J connectivity index is 1.37. The Hall–Kier alpha value is -2.86. The van der Waals surface area contributed by atoms with E-state index in [0.717, 1.165) is 68.3 Å². The van der Waals surface area contributed by atoms with Crippen LogP contribution in [0.1, 0.15) is 27.9 Å². The number of ether oxygens (including phenoxy) is 2. The van der Waals surface area contributed by atoms with Gasteiger partial charge in [0.15, 0.2) is 0 Å². The quantitative estimate of drug-likeness (QED) is 0.846. The second kappa shape index (κ2) is 8.22. The van der Waals surface area contributed by atoms with Crippen molar-refractivity contribution in [2.24, 2.45) is 5.10 Å². The van der Waals surface area contributed by atoms with Crippen LogP contribution in [0.5, 0.6) is 5.75 Å². The summed E-state index contributed by atoms with van der Waals surface area (Å²) in [6, 6.07) is 13.3. The van der Waals surface area contributed by atoms with Crippen LogP contribution in [0.4, 0.5) is 5.69 Å². The van der Waals surface area contributed by atoms with Gasteiger partial charge in [0, 0.05) is 11.3 Å². The fourth-order valence-electron chi connectivity index (χ4n) is 3.17. The summed E-state index contributed by atoms with van der Waals surface area (Å²) >= 11 is 0. The van der Waals surface area contributed by atoms with E-state index < -0.39 is 0 Å². The summed E-state index contributed by atoms with van der Waals surface area (Å²) < 4.78 is 10.9. The number of hydrogen-bond donors (Lipinski definition) is 1. The fraction of sp³-hybridized carbons (Fsp3) is 0.333. The molecule has 1 amide bonds. The van der Waals surface area contributed by atoms with E-state index in [1.165, 1.54) is 0 Å². The Morgan fingerprint density at radius 2 is 1.89 bits per heavy atom. The lowest BCUT2D eigenvalue weighted by molar-refractivity contribution is 0.0397. The number of rotatable bonds is 4. The predicted octanol–water partition coefficient (Wildman–Crippen LogP) is 2.93. The number of benzene rings is 2. The van der Waals surface area contributed by atoms with Gasteiger partial charge in [-0.15, -0.1) is 0 Å². The van der Waals surface area contributed by atoms with Gasteiger partial charge in [-0.1, -0.05) is 12.1 Å². The van der Waals surface area contributed by atoms with Gasteiger partial charge in [0.05, 0.1) is 39.1 Å². The van der Waals surface area contributed by atoms with Crippen LogP contribution >= 0.6 is 0 Å². The van der Waals surface area contributed by atoms with Crippen LogP contribution in [0.3, 0.4) is 0 Å². The average molecular weight is 365 g/mol. The van der Waals surface area contributed by atoms with Gasteiger partial charge >= 0.3 is 0 Å². The molecule has 0 aliphatic carbocycles. The van der Waals surface area contributed by atoms with E-state index in [9.17, 15) is 4.79 Å². The van der Waals surface area contributed by atoms with E-state index in [0.29, 0.717) is 5.56 Å². The molecule has 0 atom stereocenters. The molecule has 1 saturated heterocycles. The van der Waals surface area contributed by atoms with Crippen molar-refractivity contribution in [1.29, 1.82) is 0 Å². The van der Waals surface area contributed by atoms with E-state index in [1.54, 1.807) is 0 Å². The van der Waals surface area contributed by atoms with E-state index in [-0.39, 0.29) is 5.91 Å². The van der Waals surface area contributed by atoms with Gasteiger partial charge in [-0.3, -0.25) is 9.80 Å². The molecule has 0 radical (unpaired) electrons. The number of hydrogen-bond acceptors (Lipinski definition) is 5. The zero-order chi connectivity index (χ0) is 18.5. The normalized spacial score (nSPS) is 16.7. The topological polar surface area (TPSA) is 63.2 Å². The number of fused-ring (bicyclic) bond motifs is 1. The van der Waals surface area contributed by atoms with Crippen LogP contribution in [0, 0.1) is 0 Å². The second-order valence-corrected chi connectivity index (χ2v) is 6.66. The number of carbonyl (C=O) groups excluding carboxylic acids is 1. The Labute approximate surface area is 158 Å². The van der Waals surface area contributed by atoms with E-state index in [4.69, 9.17) is 9.47 Å². The van der Waals surface area contributed by atoms with Crippen LogP contribution in [-0.2, 0) is 11.2 Å². The third-order valence-electron chi connectivity index (χ3n) is 4.70. The number of carbonyl (C=O) groups is 1. The summed E-state index contributed by atoms with van der Waals surface area (Å²) in [5, 5.41) is 9.41. The molecule has 1 N–H and O–H groups in total. The molecular formula is C21H23N3O3. The summed E-state index contributed by atoms with van der Waals surface area (Å²) in [5.74, 6) is 0.778. The van der Waals surface area contributed by atoms with E-state index in [2.05, 4.69) is 10.4 Å². The molecule has 0 bridgehead atoms. The first-order valence-electron chi connectivity index (χ1n) is 9.32. The molecule has 2 aliphatic heterocycles. The first-order valence-corrected chi connectivity index (χ1v) is 9.32. The number of hydrazone groups is 1. The summed E-state index contributed by atoms with van der Waals surface area (Å²) in [6.45, 7) is 3.82. The minimum atomic E-state index is -0.113. The third-order valence-corrected chi connectivity index (χ3v) is 4.70. The van der Waals surface area contributed by atoms with Crippen molar-refractivity contribution in [1.82, 2.24) is 5.01 Å². The van der Waals surface area contributed by atoms with Crippen molar-refractivity contribution < 1.29 is 14.3 Å². The van der Waals surface area contributed by atoms with Crippen molar-refractivity contribution in [2.45, 2.75) is 12.8 Å². The molecule has 140 valence electrons. The van der Waals surface area contributed by atoms with Crippen LogP contribution in [0.2, 0.25) is 0 Å². The first kappa shape index (κ1) is 17.5. The fourth-order valence-corrected chi connectivity index (χ4v) is 3.17. The third kappa shape index (κ3) is 4.46. The zero-order valence-electron chi connectivity index (χ0n) is 15.2. The maximum Gasteiger partial charge on any atom is 0.255 e. The molecule has 6 nitrogen and oxygen atoms in total. The van der Waals surface area contributed by atoms with Gasteiger partial charge < -0.3 is 14.8 Å². The lowest BCUT2D eigenvalue weighted by Gasteiger charge is -2.23. The molecule has 2 aromatic carbocycles. The first-order chi connectivity index (χ1) is 13.3. The second-order valence-electron chi connectivity index (χ2n) is 6.66. The summed E-state index contributed by atoms with van der Waals surface area (Å²) in [6.07, 6.45) is 3.78. The molecule has 6 heteroatoms. The van der Waals surface area contributed by atoms with Gasteiger partial charge in [-0.2, -0.15) is 5.10 Å². The van der Waals surface area contributed by atoms with E-state index in [1.807, 2.05) is 53.7 Å². The molecule has 4 rings (SSSR count). The number of nitrogens with zero attached hydrogens (tertiary/aromatic N) is 2. The van der Waals surface area contributed by atoms with Crippen LogP contribution in [0.15, 0.2) is 47.6 Å². The van der Waals surface area contributed by atoms with Crippen LogP contribution in [-0.4, -0.2) is 50.0 Å². The highest BCUT2D eigenvalue weighted by Gasteiger charge is 2.14. The van der Waals surface area contributed by atoms with Gasteiger partial charge in [-0.25, -0.2) is 0 Å². The maximum absolute atomic E-state index is 12.5. The van der Waals surface area contributed by atoms with Crippen molar-refractivity contribution in [3.63, 3.8) is 0 Å². The smallest absolute Gasteiger partial charge is 0.255 e. The summed E-state index contributed by atoms with van der Waals surface area (Å²) in [4.78, 5) is 12.5.